The first kappa shape index (κ1) is 14.7. The van der Waals surface area contributed by atoms with Crippen molar-refractivity contribution in [1.82, 2.24) is 15.1 Å². The number of carbonyl (C=O) groups is 2. The second kappa shape index (κ2) is 5.99. The monoisotopic (exact) mass is 317 g/mol. The zero-order valence-corrected chi connectivity index (χ0v) is 11.9. The molecule has 0 saturated heterocycles. The predicted molar refractivity (Wildman–Crippen MR) is 69.0 cm³/mol. The fourth-order valence-corrected chi connectivity index (χ4v) is 1.80. The number of amides is 1. The maximum atomic E-state index is 11.7. The van der Waals surface area contributed by atoms with Gasteiger partial charge in [-0.2, -0.15) is 5.10 Å². The van der Waals surface area contributed by atoms with Crippen molar-refractivity contribution >= 4 is 27.8 Å². The Labute approximate surface area is 113 Å². The molecule has 1 rings (SSSR count). The van der Waals surface area contributed by atoms with Gasteiger partial charge in [-0.1, -0.05) is 0 Å². The maximum Gasteiger partial charge on any atom is 0.303 e. The second-order valence-corrected chi connectivity index (χ2v) is 5.60. The quantitative estimate of drug-likeness (QED) is 0.830. The van der Waals surface area contributed by atoms with Crippen LogP contribution in [0.4, 0.5) is 0 Å². The Kier molecular flexibility index (Phi) is 4.89. The number of aromatic nitrogens is 2. The van der Waals surface area contributed by atoms with Gasteiger partial charge in [0.2, 0.25) is 5.91 Å². The predicted octanol–water partition coefficient (Wildman–Crippen LogP) is 1.41. The highest BCUT2D eigenvalue weighted by Crippen LogP contribution is 2.11. The van der Waals surface area contributed by atoms with Crippen LogP contribution in [0.2, 0.25) is 0 Å². The first-order chi connectivity index (χ1) is 8.28. The van der Waals surface area contributed by atoms with Crippen LogP contribution in [0.3, 0.4) is 0 Å². The van der Waals surface area contributed by atoms with Crippen molar-refractivity contribution in [3.63, 3.8) is 0 Å². The van der Waals surface area contributed by atoms with Crippen LogP contribution in [0.5, 0.6) is 0 Å². The van der Waals surface area contributed by atoms with Gasteiger partial charge in [0.25, 0.3) is 0 Å². The smallest absolute Gasteiger partial charge is 0.303 e. The molecule has 0 unspecified atom stereocenters. The summed E-state index contributed by atoms with van der Waals surface area (Å²) in [4.78, 5) is 22.2. The SMILES string of the molecule is CC(C)(CCC(=O)O)NC(=O)Cn1cc(Br)cn1. The highest BCUT2D eigenvalue weighted by molar-refractivity contribution is 9.10. The molecule has 0 fully saturated rings. The molecule has 0 spiro atoms. The van der Waals surface area contributed by atoms with Gasteiger partial charge in [-0.05, 0) is 36.2 Å². The van der Waals surface area contributed by atoms with E-state index in [1.807, 2.05) is 0 Å². The van der Waals surface area contributed by atoms with Crippen molar-refractivity contribution in [3.8, 4) is 0 Å². The molecule has 0 bridgehead atoms. The van der Waals surface area contributed by atoms with E-state index < -0.39 is 11.5 Å². The molecule has 100 valence electrons. The number of nitrogens with one attached hydrogen (secondary N) is 1. The van der Waals surface area contributed by atoms with E-state index in [1.165, 1.54) is 4.68 Å². The van der Waals surface area contributed by atoms with Crippen molar-refractivity contribution in [2.75, 3.05) is 0 Å². The van der Waals surface area contributed by atoms with Gasteiger partial charge < -0.3 is 10.4 Å². The molecule has 0 saturated carbocycles. The van der Waals surface area contributed by atoms with Gasteiger partial charge in [0, 0.05) is 18.2 Å². The lowest BCUT2D eigenvalue weighted by Crippen LogP contribution is -2.45. The third-order valence-corrected chi connectivity index (χ3v) is 2.76. The van der Waals surface area contributed by atoms with Crippen molar-refractivity contribution < 1.29 is 14.7 Å². The first-order valence-electron chi connectivity index (χ1n) is 5.49. The van der Waals surface area contributed by atoms with E-state index in [2.05, 4.69) is 26.3 Å². The Morgan fingerprint density at radius 1 is 1.56 bits per heavy atom. The van der Waals surface area contributed by atoms with Crippen LogP contribution < -0.4 is 5.32 Å². The zero-order valence-electron chi connectivity index (χ0n) is 10.3. The lowest BCUT2D eigenvalue weighted by Gasteiger charge is -2.25. The van der Waals surface area contributed by atoms with Gasteiger partial charge in [0.15, 0.2) is 0 Å². The summed E-state index contributed by atoms with van der Waals surface area (Å²) in [7, 11) is 0. The molecule has 1 amide bonds. The fourth-order valence-electron chi connectivity index (χ4n) is 1.47. The summed E-state index contributed by atoms with van der Waals surface area (Å²) in [6.07, 6.45) is 3.71. The summed E-state index contributed by atoms with van der Waals surface area (Å²) in [5, 5.41) is 15.4. The third-order valence-electron chi connectivity index (χ3n) is 2.35. The van der Waals surface area contributed by atoms with Crippen LogP contribution >= 0.6 is 15.9 Å². The summed E-state index contributed by atoms with van der Waals surface area (Å²) in [5.74, 6) is -1.06. The summed E-state index contributed by atoms with van der Waals surface area (Å²) in [6, 6.07) is 0. The Morgan fingerprint density at radius 3 is 2.72 bits per heavy atom. The van der Waals surface area contributed by atoms with Gasteiger partial charge in [-0.15, -0.1) is 0 Å². The van der Waals surface area contributed by atoms with Gasteiger partial charge in [0.05, 0.1) is 10.7 Å². The third kappa shape index (κ3) is 5.31. The van der Waals surface area contributed by atoms with Gasteiger partial charge in [-0.25, -0.2) is 0 Å². The van der Waals surface area contributed by atoms with E-state index in [1.54, 1.807) is 26.2 Å². The van der Waals surface area contributed by atoms with Crippen LogP contribution in [0.25, 0.3) is 0 Å². The molecule has 0 aliphatic rings. The molecule has 0 aromatic carbocycles. The average molecular weight is 318 g/mol. The summed E-state index contributed by atoms with van der Waals surface area (Å²) < 4.78 is 2.31. The molecular weight excluding hydrogens is 302 g/mol. The van der Waals surface area contributed by atoms with Crippen LogP contribution in [-0.2, 0) is 16.1 Å². The summed E-state index contributed by atoms with van der Waals surface area (Å²) >= 11 is 3.24. The number of nitrogens with zero attached hydrogens (tertiary/aromatic N) is 2. The largest absolute Gasteiger partial charge is 0.481 e. The first-order valence-corrected chi connectivity index (χ1v) is 6.28. The van der Waals surface area contributed by atoms with Crippen LogP contribution in [0.15, 0.2) is 16.9 Å². The minimum atomic E-state index is -0.867. The Balaban J connectivity index is 2.45. The lowest BCUT2D eigenvalue weighted by atomic mass is 9.98. The fraction of sp³-hybridized carbons (Fsp3) is 0.545. The van der Waals surface area contributed by atoms with E-state index in [-0.39, 0.29) is 18.9 Å². The highest BCUT2D eigenvalue weighted by atomic mass is 79.9. The molecule has 1 aromatic heterocycles. The molecular formula is C11H16BrN3O3. The van der Waals surface area contributed by atoms with Crippen LogP contribution in [0, 0.1) is 0 Å². The normalized spacial score (nSPS) is 11.3. The zero-order chi connectivity index (χ0) is 13.8. The summed E-state index contributed by atoms with van der Waals surface area (Å²) in [5.41, 5.74) is -0.542. The number of halogens is 1. The minimum Gasteiger partial charge on any atom is -0.481 e. The van der Waals surface area contributed by atoms with E-state index in [0.717, 1.165) is 4.47 Å². The topological polar surface area (TPSA) is 84.2 Å². The molecule has 1 heterocycles. The minimum absolute atomic E-state index is 0.0284. The number of carboxylic acid groups (broad SMARTS) is 1. The Bertz CT molecular complexity index is 442. The second-order valence-electron chi connectivity index (χ2n) is 4.68. The van der Waals surface area contributed by atoms with Gasteiger partial charge in [-0.3, -0.25) is 14.3 Å². The van der Waals surface area contributed by atoms with E-state index in [9.17, 15) is 9.59 Å². The molecule has 0 atom stereocenters. The van der Waals surface area contributed by atoms with E-state index in [0.29, 0.717) is 6.42 Å². The number of rotatable bonds is 6. The number of carbonyl (C=O) groups excluding carboxylic acids is 1. The Morgan fingerprint density at radius 2 is 2.22 bits per heavy atom. The molecule has 0 radical (unpaired) electrons. The summed E-state index contributed by atoms with van der Waals surface area (Å²) in [6.45, 7) is 3.71. The average Bonchev–Trinajstić information content (AvgIpc) is 2.60. The van der Waals surface area contributed by atoms with E-state index >= 15 is 0 Å². The molecule has 0 aliphatic carbocycles. The van der Waals surface area contributed by atoms with Gasteiger partial charge in [0.1, 0.15) is 6.54 Å². The number of hydrogen-bond donors (Lipinski definition) is 2. The molecule has 2 N–H and O–H groups in total. The Hall–Kier alpha value is -1.37. The highest BCUT2D eigenvalue weighted by Gasteiger charge is 2.21. The molecule has 1 aromatic rings. The van der Waals surface area contributed by atoms with Gasteiger partial charge >= 0.3 is 5.97 Å². The van der Waals surface area contributed by atoms with Crippen molar-refractivity contribution in [2.45, 2.75) is 38.8 Å². The van der Waals surface area contributed by atoms with Crippen LogP contribution in [0.1, 0.15) is 26.7 Å². The van der Waals surface area contributed by atoms with Crippen LogP contribution in [-0.4, -0.2) is 32.3 Å². The van der Waals surface area contributed by atoms with Crippen molar-refractivity contribution in [1.29, 1.82) is 0 Å². The van der Waals surface area contributed by atoms with Crippen molar-refractivity contribution in [2.24, 2.45) is 0 Å². The van der Waals surface area contributed by atoms with Crippen molar-refractivity contribution in [3.05, 3.63) is 16.9 Å². The lowest BCUT2D eigenvalue weighted by molar-refractivity contribution is -0.137. The molecule has 6 nitrogen and oxygen atoms in total. The number of hydrogen-bond acceptors (Lipinski definition) is 3. The maximum absolute atomic E-state index is 11.7. The van der Waals surface area contributed by atoms with E-state index in [4.69, 9.17) is 5.11 Å². The molecule has 18 heavy (non-hydrogen) atoms. The molecule has 7 heteroatoms. The standard InChI is InChI=1S/C11H16BrN3O3/c1-11(2,4-3-10(17)18)14-9(16)7-15-6-8(12)5-13-15/h5-6H,3-4,7H2,1-2H3,(H,14,16)(H,17,18). The number of aliphatic carboxylic acids is 1. The number of carboxylic acids is 1. The molecule has 0 aliphatic heterocycles.